The Morgan fingerprint density at radius 2 is 1.44 bits per heavy atom. The van der Waals surface area contributed by atoms with Crippen LogP contribution in [0.4, 0.5) is 0 Å². The van der Waals surface area contributed by atoms with E-state index in [-0.39, 0.29) is 5.78 Å². The molecule has 1 heterocycles. The maximum absolute atomic E-state index is 13.0. The Morgan fingerprint density at radius 1 is 0.778 bits per heavy atom. The van der Waals surface area contributed by atoms with Gasteiger partial charge in [-0.05, 0) is 11.1 Å². The number of Topliss-reactive ketones (excluding diaryl/α,β-unsaturated/α-hetero) is 1. The van der Waals surface area contributed by atoms with Gasteiger partial charge in [-0.25, -0.2) is 4.68 Å². The fraction of sp³-hybridized carbons (Fsp3) is 0.0870. The van der Waals surface area contributed by atoms with Gasteiger partial charge < -0.3 is 0 Å². The molecule has 0 spiro atoms. The lowest BCUT2D eigenvalue weighted by Gasteiger charge is -2.17. The summed E-state index contributed by atoms with van der Waals surface area (Å²) >= 11 is 0. The first-order valence-electron chi connectivity index (χ1n) is 8.99. The second-order valence-electron chi connectivity index (χ2n) is 6.73. The zero-order valence-corrected chi connectivity index (χ0v) is 14.7. The summed E-state index contributed by atoms with van der Waals surface area (Å²) in [4.78, 5) is 13.0. The quantitative estimate of drug-likeness (QED) is 0.538. The molecule has 0 saturated heterocycles. The van der Waals surface area contributed by atoms with Crippen LogP contribution < -0.4 is 0 Å². The van der Waals surface area contributed by atoms with Crippen molar-refractivity contribution in [2.45, 2.75) is 13.0 Å². The molecular formula is C23H17N3O. The highest BCUT2D eigenvalue weighted by Gasteiger charge is 2.26. The molecule has 4 aromatic rings. The molecule has 1 aromatic heterocycles. The summed E-state index contributed by atoms with van der Waals surface area (Å²) in [6.07, 6.45) is 0.373. The third-order valence-corrected chi connectivity index (χ3v) is 5.02. The largest absolute Gasteiger partial charge is 0.294 e. The van der Waals surface area contributed by atoms with E-state index in [9.17, 15) is 4.79 Å². The fourth-order valence-electron chi connectivity index (χ4n) is 3.73. The Kier molecular flexibility index (Phi) is 3.68. The summed E-state index contributed by atoms with van der Waals surface area (Å²) in [7, 11) is 0. The summed E-state index contributed by atoms with van der Waals surface area (Å²) in [6, 6.07) is 25.9. The van der Waals surface area contributed by atoms with E-state index in [4.69, 9.17) is 0 Å². The molecular weight excluding hydrogens is 334 g/mol. The average molecular weight is 351 g/mol. The molecule has 3 aromatic carbocycles. The molecule has 0 aliphatic heterocycles. The number of aromatic nitrogens is 3. The van der Waals surface area contributed by atoms with Crippen LogP contribution >= 0.6 is 0 Å². The van der Waals surface area contributed by atoms with Crippen LogP contribution in [-0.2, 0) is 13.0 Å². The highest BCUT2D eigenvalue weighted by Crippen LogP contribution is 2.37. The van der Waals surface area contributed by atoms with Gasteiger partial charge in [-0.15, -0.1) is 5.10 Å². The Bertz CT molecular complexity index is 1150. The summed E-state index contributed by atoms with van der Waals surface area (Å²) in [5.74, 6) is 0.121. The Morgan fingerprint density at radius 3 is 2.26 bits per heavy atom. The first-order valence-corrected chi connectivity index (χ1v) is 8.99. The van der Waals surface area contributed by atoms with Gasteiger partial charge in [0.05, 0.1) is 12.2 Å². The third kappa shape index (κ3) is 2.66. The van der Waals surface area contributed by atoms with E-state index in [1.807, 2.05) is 71.4 Å². The number of nitrogens with zero attached hydrogens (tertiary/aromatic N) is 3. The second kappa shape index (κ2) is 6.32. The second-order valence-corrected chi connectivity index (χ2v) is 6.73. The molecule has 4 heteroatoms. The van der Waals surface area contributed by atoms with Crippen LogP contribution in [0.3, 0.4) is 0 Å². The lowest BCUT2D eigenvalue weighted by atomic mass is 9.88. The minimum atomic E-state index is 0.121. The van der Waals surface area contributed by atoms with Gasteiger partial charge in [0.25, 0.3) is 0 Å². The number of benzene rings is 3. The zero-order valence-electron chi connectivity index (χ0n) is 14.7. The molecule has 0 unspecified atom stereocenters. The smallest absolute Gasteiger partial charge is 0.167 e. The number of rotatable bonds is 2. The van der Waals surface area contributed by atoms with Crippen LogP contribution in [0.5, 0.6) is 0 Å². The van der Waals surface area contributed by atoms with Gasteiger partial charge in [-0.1, -0.05) is 84.1 Å². The number of hydrogen-bond donors (Lipinski definition) is 0. The molecule has 0 amide bonds. The number of carbonyl (C=O) groups is 1. The van der Waals surface area contributed by atoms with E-state index in [1.54, 1.807) is 0 Å². The van der Waals surface area contributed by atoms with Crippen molar-refractivity contribution in [1.29, 1.82) is 0 Å². The van der Waals surface area contributed by atoms with Crippen molar-refractivity contribution in [3.05, 3.63) is 95.6 Å². The zero-order chi connectivity index (χ0) is 18.2. The molecule has 0 N–H and O–H groups in total. The maximum atomic E-state index is 13.0. The summed E-state index contributed by atoms with van der Waals surface area (Å²) in [5.41, 5.74) is 6.47. The highest BCUT2D eigenvalue weighted by molar-refractivity contribution is 6.06. The Labute approximate surface area is 157 Å². The SMILES string of the molecule is O=C1Cc2ccccc2-c2nnn(Cc3ccccc3)c2-c2ccccc21. The normalized spacial score (nSPS) is 12.5. The van der Waals surface area contributed by atoms with E-state index in [0.717, 1.165) is 39.2 Å². The molecule has 0 bridgehead atoms. The molecule has 1 aliphatic carbocycles. The van der Waals surface area contributed by atoms with Crippen molar-refractivity contribution in [2.24, 2.45) is 0 Å². The molecule has 5 rings (SSSR count). The minimum absolute atomic E-state index is 0.121. The fourth-order valence-corrected chi connectivity index (χ4v) is 3.73. The standard InChI is InChI=1S/C23H17N3O/c27-21-14-17-10-4-5-11-18(17)22-23(20-13-7-6-12-19(20)21)26(25-24-22)15-16-8-2-1-3-9-16/h1-13H,14-15H2. The lowest BCUT2D eigenvalue weighted by molar-refractivity contribution is 0.0993. The number of fused-ring (bicyclic) bond motifs is 5. The van der Waals surface area contributed by atoms with E-state index in [1.165, 1.54) is 0 Å². The lowest BCUT2D eigenvalue weighted by Crippen LogP contribution is -2.12. The van der Waals surface area contributed by atoms with E-state index in [0.29, 0.717) is 13.0 Å². The van der Waals surface area contributed by atoms with E-state index in [2.05, 4.69) is 22.4 Å². The van der Waals surface area contributed by atoms with Gasteiger partial charge in [-0.2, -0.15) is 0 Å². The van der Waals surface area contributed by atoms with Gasteiger partial charge in [0.1, 0.15) is 5.69 Å². The van der Waals surface area contributed by atoms with E-state index >= 15 is 0 Å². The predicted octanol–water partition coefficient (Wildman–Crippen LogP) is 4.40. The van der Waals surface area contributed by atoms with Crippen LogP contribution in [0.15, 0.2) is 78.9 Å². The van der Waals surface area contributed by atoms with Crippen molar-refractivity contribution < 1.29 is 4.79 Å². The molecule has 0 saturated carbocycles. The topological polar surface area (TPSA) is 47.8 Å². The van der Waals surface area contributed by atoms with Crippen molar-refractivity contribution in [1.82, 2.24) is 15.0 Å². The number of ketones is 1. The van der Waals surface area contributed by atoms with Crippen LogP contribution in [0, 0.1) is 0 Å². The summed E-state index contributed by atoms with van der Waals surface area (Å²) in [6.45, 7) is 0.605. The Hall–Kier alpha value is -3.53. The monoisotopic (exact) mass is 351 g/mol. The van der Waals surface area contributed by atoms with E-state index < -0.39 is 0 Å². The average Bonchev–Trinajstić information content (AvgIpc) is 3.11. The summed E-state index contributed by atoms with van der Waals surface area (Å²) < 4.78 is 1.90. The van der Waals surface area contributed by atoms with Crippen LogP contribution in [0.1, 0.15) is 21.5 Å². The first kappa shape index (κ1) is 15.7. The maximum Gasteiger partial charge on any atom is 0.167 e. The molecule has 1 aliphatic rings. The van der Waals surface area contributed by atoms with Gasteiger partial charge in [0, 0.05) is 23.1 Å². The van der Waals surface area contributed by atoms with Crippen molar-refractivity contribution in [2.75, 3.05) is 0 Å². The first-order chi connectivity index (χ1) is 13.3. The molecule has 0 fully saturated rings. The van der Waals surface area contributed by atoms with Crippen LogP contribution in [0.25, 0.3) is 22.5 Å². The number of carbonyl (C=O) groups excluding carboxylic acids is 1. The van der Waals surface area contributed by atoms with Crippen molar-refractivity contribution in [3.8, 4) is 22.5 Å². The summed E-state index contributed by atoms with van der Waals surface area (Å²) in [5, 5.41) is 8.98. The molecule has 0 radical (unpaired) electrons. The Balaban J connectivity index is 1.78. The molecule has 4 nitrogen and oxygen atoms in total. The van der Waals surface area contributed by atoms with Gasteiger partial charge in [-0.3, -0.25) is 4.79 Å². The third-order valence-electron chi connectivity index (χ3n) is 5.02. The number of hydrogen-bond acceptors (Lipinski definition) is 3. The molecule has 27 heavy (non-hydrogen) atoms. The molecule has 0 atom stereocenters. The minimum Gasteiger partial charge on any atom is -0.294 e. The van der Waals surface area contributed by atoms with Crippen molar-refractivity contribution in [3.63, 3.8) is 0 Å². The van der Waals surface area contributed by atoms with Crippen molar-refractivity contribution >= 4 is 5.78 Å². The van der Waals surface area contributed by atoms with Gasteiger partial charge in [0.15, 0.2) is 5.78 Å². The van der Waals surface area contributed by atoms with Gasteiger partial charge in [0.2, 0.25) is 0 Å². The van der Waals surface area contributed by atoms with Crippen LogP contribution in [0.2, 0.25) is 0 Å². The molecule has 130 valence electrons. The highest BCUT2D eigenvalue weighted by atomic mass is 16.1. The van der Waals surface area contributed by atoms with Gasteiger partial charge >= 0.3 is 0 Å². The van der Waals surface area contributed by atoms with Crippen LogP contribution in [-0.4, -0.2) is 20.8 Å². The predicted molar refractivity (Wildman–Crippen MR) is 104 cm³/mol.